The summed E-state index contributed by atoms with van der Waals surface area (Å²) in [4.78, 5) is 11.5. The fourth-order valence-electron chi connectivity index (χ4n) is 1.62. The van der Waals surface area contributed by atoms with Crippen molar-refractivity contribution in [3.05, 3.63) is 23.5 Å². The molecule has 1 rings (SSSR count). The summed E-state index contributed by atoms with van der Waals surface area (Å²) in [6, 6.07) is 1.56. The van der Waals surface area contributed by atoms with Crippen LogP contribution in [0.5, 0.6) is 11.5 Å². The van der Waals surface area contributed by atoms with Crippen LogP contribution in [0.3, 0.4) is 0 Å². The molecule has 0 spiro atoms. The van der Waals surface area contributed by atoms with Gasteiger partial charge in [0, 0.05) is 11.6 Å². The summed E-state index contributed by atoms with van der Waals surface area (Å²) in [6.07, 6.45) is 0. The van der Waals surface area contributed by atoms with Crippen LogP contribution < -0.4 is 20.5 Å². The lowest BCUT2D eigenvalue weighted by atomic mass is 10.1. The molecular weight excluding hydrogens is 251 g/mol. The van der Waals surface area contributed by atoms with E-state index < -0.39 is 17.9 Å². The largest absolute Gasteiger partial charge is 0.493 e. The van der Waals surface area contributed by atoms with Crippen LogP contribution in [0.1, 0.15) is 25.5 Å². The molecule has 0 bridgehead atoms. The van der Waals surface area contributed by atoms with E-state index in [1.165, 1.54) is 26.4 Å². The van der Waals surface area contributed by atoms with Crippen LogP contribution in [0.25, 0.3) is 0 Å². The van der Waals surface area contributed by atoms with Gasteiger partial charge in [-0.15, -0.1) is 0 Å². The van der Waals surface area contributed by atoms with Crippen molar-refractivity contribution in [2.24, 2.45) is 5.73 Å². The normalized spacial score (nSPS) is 13.6. The Kier molecular flexibility index (Phi) is 5.11. The Balaban J connectivity index is 3.03. The van der Waals surface area contributed by atoms with Gasteiger partial charge < -0.3 is 20.5 Å². The quantitative estimate of drug-likeness (QED) is 0.847. The molecule has 1 amide bonds. The van der Waals surface area contributed by atoms with Gasteiger partial charge in [-0.3, -0.25) is 4.79 Å². The molecule has 19 heavy (non-hydrogen) atoms. The number of hydrogen-bond acceptors (Lipinski definition) is 4. The molecule has 5 nitrogen and oxygen atoms in total. The third-order valence-electron chi connectivity index (χ3n) is 2.74. The highest BCUT2D eigenvalue weighted by molar-refractivity contribution is 5.81. The molecule has 0 radical (unpaired) electrons. The average molecular weight is 270 g/mol. The molecule has 6 heteroatoms. The van der Waals surface area contributed by atoms with Crippen molar-refractivity contribution in [3.63, 3.8) is 0 Å². The average Bonchev–Trinajstić information content (AvgIpc) is 2.37. The standard InChI is InChI=1S/C13H19FN2O3/c1-7(15)13(17)16-8(2)9-5-11(18-3)12(19-4)6-10(9)14/h5-8H,15H2,1-4H3,(H,16,17)/t7-,8?/m0/s1. The molecule has 0 saturated heterocycles. The summed E-state index contributed by atoms with van der Waals surface area (Å²) in [5, 5.41) is 2.62. The van der Waals surface area contributed by atoms with Crippen molar-refractivity contribution >= 4 is 5.91 Å². The maximum Gasteiger partial charge on any atom is 0.237 e. The minimum Gasteiger partial charge on any atom is -0.493 e. The smallest absolute Gasteiger partial charge is 0.237 e. The Labute approximate surface area is 111 Å². The molecule has 0 saturated carbocycles. The topological polar surface area (TPSA) is 73.6 Å². The maximum atomic E-state index is 13.9. The Morgan fingerprint density at radius 2 is 1.79 bits per heavy atom. The van der Waals surface area contributed by atoms with E-state index >= 15 is 0 Å². The van der Waals surface area contributed by atoms with Gasteiger partial charge in [-0.2, -0.15) is 0 Å². The Morgan fingerprint density at radius 3 is 2.26 bits per heavy atom. The first-order valence-corrected chi connectivity index (χ1v) is 5.88. The highest BCUT2D eigenvalue weighted by Gasteiger charge is 2.18. The van der Waals surface area contributed by atoms with E-state index in [0.717, 1.165) is 0 Å². The van der Waals surface area contributed by atoms with Gasteiger partial charge in [0.2, 0.25) is 5.91 Å². The number of carbonyl (C=O) groups is 1. The van der Waals surface area contributed by atoms with Gasteiger partial charge in [0.15, 0.2) is 11.5 Å². The van der Waals surface area contributed by atoms with Crippen LogP contribution >= 0.6 is 0 Å². The number of carbonyl (C=O) groups excluding carboxylic acids is 1. The maximum absolute atomic E-state index is 13.9. The van der Waals surface area contributed by atoms with E-state index in [2.05, 4.69) is 5.32 Å². The number of nitrogens with one attached hydrogen (secondary N) is 1. The molecule has 0 aliphatic rings. The second-order valence-corrected chi connectivity index (χ2v) is 4.25. The number of methoxy groups -OCH3 is 2. The summed E-state index contributed by atoms with van der Waals surface area (Å²) < 4.78 is 24.0. The van der Waals surface area contributed by atoms with Crippen molar-refractivity contribution in [2.75, 3.05) is 14.2 Å². The lowest BCUT2D eigenvalue weighted by Crippen LogP contribution is -2.39. The third-order valence-corrected chi connectivity index (χ3v) is 2.74. The van der Waals surface area contributed by atoms with Crippen LogP contribution in [0, 0.1) is 5.82 Å². The van der Waals surface area contributed by atoms with Crippen molar-refractivity contribution in [2.45, 2.75) is 25.9 Å². The fourth-order valence-corrected chi connectivity index (χ4v) is 1.62. The highest BCUT2D eigenvalue weighted by Crippen LogP contribution is 2.32. The lowest BCUT2D eigenvalue weighted by Gasteiger charge is -2.18. The minimum absolute atomic E-state index is 0.300. The summed E-state index contributed by atoms with van der Waals surface area (Å²) >= 11 is 0. The van der Waals surface area contributed by atoms with Crippen molar-refractivity contribution in [3.8, 4) is 11.5 Å². The zero-order valence-electron chi connectivity index (χ0n) is 11.5. The Bertz CT molecular complexity index is 463. The van der Waals surface area contributed by atoms with Crippen LogP contribution in [0.4, 0.5) is 4.39 Å². The molecular formula is C13H19FN2O3. The summed E-state index contributed by atoms with van der Waals surface area (Å²) in [5.41, 5.74) is 5.76. The predicted molar refractivity (Wildman–Crippen MR) is 69.7 cm³/mol. The summed E-state index contributed by atoms with van der Waals surface area (Å²) in [6.45, 7) is 3.23. The fraction of sp³-hybridized carbons (Fsp3) is 0.462. The molecule has 1 aromatic carbocycles. The van der Waals surface area contributed by atoms with Crippen LogP contribution in [-0.2, 0) is 4.79 Å². The number of halogens is 1. The molecule has 0 aromatic heterocycles. The molecule has 3 N–H and O–H groups in total. The van der Waals surface area contributed by atoms with E-state index in [4.69, 9.17) is 15.2 Å². The molecule has 1 unspecified atom stereocenters. The van der Waals surface area contributed by atoms with E-state index in [-0.39, 0.29) is 5.91 Å². The highest BCUT2D eigenvalue weighted by atomic mass is 19.1. The molecule has 2 atom stereocenters. The third kappa shape index (κ3) is 3.57. The number of nitrogens with two attached hydrogens (primary N) is 1. The SMILES string of the molecule is COc1cc(F)c(C(C)NC(=O)[C@H](C)N)cc1OC. The summed E-state index contributed by atoms with van der Waals surface area (Å²) in [7, 11) is 2.89. The molecule has 0 aliphatic heterocycles. The van der Waals surface area contributed by atoms with Gasteiger partial charge in [0.25, 0.3) is 0 Å². The first-order chi connectivity index (χ1) is 8.90. The number of amides is 1. The second-order valence-electron chi connectivity index (χ2n) is 4.25. The molecule has 0 aliphatic carbocycles. The number of rotatable bonds is 5. The number of ether oxygens (including phenoxy) is 2. The first kappa shape index (κ1) is 15.2. The number of hydrogen-bond donors (Lipinski definition) is 2. The van der Waals surface area contributed by atoms with Gasteiger partial charge in [0.1, 0.15) is 5.82 Å². The van der Waals surface area contributed by atoms with Crippen molar-refractivity contribution in [1.82, 2.24) is 5.32 Å². The zero-order valence-corrected chi connectivity index (χ0v) is 11.5. The first-order valence-electron chi connectivity index (χ1n) is 5.88. The number of benzene rings is 1. The zero-order chi connectivity index (χ0) is 14.6. The van der Waals surface area contributed by atoms with Gasteiger partial charge in [-0.25, -0.2) is 4.39 Å². The van der Waals surface area contributed by atoms with Gasteiger partial charge in [-0.05, 0) is 19.9 Å². The van der Waals surface area contributed by atoms with Crippen LogP contribution in [0.15, 0.2) is 12.1 Å². The lowest BCUT2D eigenvalue weighted by molar-refractivity contribution is -0.122. The molecule has 0 heterocycles. The van der Waals surface area contributed by atoms with E-state index in [0.29, 0.717) is 17.1 Å². The van der Waals surface area contributed by atoms with E-state index in [1.54, 1.807) is 13.8 Å². The molecule has 1 aromatic rings. The Hall–Kier alpha value is -1.82. The Morgan fingerprint density at radius 1 is 1.26 bits per heavy atom. The monoisotopic (exact) mass is 270 g/mol. The van der Waals surface area contributed by atoms with Crippen molar-refractivity contribution in [1.29, 1.82) is 0 Å². The predicted octanol–water partition coefficient (Wildman–Crippen LogP) is 1.37. The van der Waals surface area contributed by atoms with Crippen molar-refractivity contribution < 1.29 is 18.7 Å². The van der Waals surface area contributed by atoms with E-state index in [1.807, 2.05) is 0 Å². The van der Waals surface area contributed by atoms with Crippen LogP contribution in [0.2, 0.25) is 0 Å². The van der Waals surface area contributed by atoms with Crippen LogP contribution in [-0.4, -0.2) is 26.2 Å². The second kappa shape index (κ2) is 6.38. The molecule has 0 fully saturated rings. The molecule has 106 valence electrons. The van der Waals surface area contributed by atoms with E-state index in [9.17, 15) is 9.18 Å². The van der Waals surface area contributed by atoms with Gasteiger partial charge in [-0.1, -0.05) is 0 Å². The minimum atomic E-state index is -0.648. The summed E-state index contributed by atoms with van der Waals surface area (Å²) in [5.74, 6) is -0.118. The van der Waals surface area contributed by atoms with Gasteiger partial charge >= 0.3 is 0 Å². The van der Waals surface area contributed by atoms with Gasteiger partial charge in [0.05, 0.1) is 26.3 Å².